The number of carbonyl (C=O) groups is 2. The van der Waals surface area contributed by atoms with E-state index in [4.69, 9.17) is 19.3 Å². The molecule has 0 heterocycles. The van der Waals surface area contributed by atoms with Gasteiger partial charge in [0.15, 0.2) is 6.10 Å². The second-order valence-electron chi connectivity index (χ2n) is 12.4. The van der Waals surface area contributed by atoms with E-state index in [1.165, 1.54) is 44.9 Å². The van der Waals surface area contributed by atoms with Crippen molar-refractivity contribution in [1.82, 2.24) is 0 Å². The van der Waals surface area contributed by atoms with Gasteiger partial charge in [0.2, 0.25) is 0 Å². The first-order valence-electron chi connectivity index (χ1n) is 17.5. The lowest BCUT2D eigenvalue weighted by atomic mass is 10.0. The van der Waals surface area contributed by atoms with Gasteiger partial charge in [0, 0.05) is 12.8 Å². The zero-order valence-electron chi connectivity index (χ0n) is 29.0. The van der Waals surface area contributed by atoms with Crippen LogP contribution < -0.4 is 0 Å². The van der Waals surface area contributed by atoms with Gasteiger partial charge in [-0.1, -0.05) is 127 Å². The lowest BCUT2D eigenvalue weighted by molar-refractivity contribution is -0.161. The lowest BCUT2D eigenvalue weighted by Crippen LogP contribution is -2.29. The first kappa shape index (κ1) is 44.9. The molecule has 0 saturated carbocycles. The van der Waals surface area contributed by atoms with Crippen molar-refractivity contribution in [3.8, 4) is 0 Å². The van der Waals surface area contributed by atoms with Crippen LogP contribution in [-0.4, -0.2) is 63.5 Å². The maximum absolute atomic E-state index is 12.3. The molecule has 0 fully saturated rings. The van der Waals surface area contributed by atoms with Crippen LogP contribution in [0.1, 0.15) is 130 Å². The molecule has 0 rings (SSSR count). The highest BCUT2D eigenvalue weighted by Gasteiger charge is 2.23. The molecule has 4 N–H and O–H groups in total. The molecule has 3 atom stereocenters. The molecule has 0 bridgehead atoms. The molecule has 11 heteroatoms. The summed E-state index contributed by atoms with van der Waals surface area (Å²) in [5, 5.41) is 20.1. The molecule has 0 saturated heterocycles. The minimum Gasteiger partial charge on any atom is -0.462 e. The van der Waals surface area contributed by atoms with Gasteiger partial charge in [-0.3, -0.25) is 14.1 Å². The fourth-order valence-electron chi connectivity index (χ4n) is 4.51. The molecular formula is C36H63O10P. The first-order valence-corrected chi connectivity index (χ1v) is 19.0. The largest absolute Gasteiger partial charge is 0.469 e. The quantitative estimate of drug-likeness (QED) is 0.0193. The van der Waals surface area contributed by atoms with Gasteiger partial charge in [0.25, 0.3) is 0 Å². The Labute approximate surface area is 283 Å². The first-order chi connectivity index (χ1) is 22.4. The third kappa shape index (κ3) is 33.6. The van der Waals surface area contributed by atoms with E-state index in [-0.39, 0.29) is 12.8 Å². The van der Waals surface area contributed by atoms with Crippen molar-refractivity contribution in [3.05, 3.63) is 48.6 Å². The summed E-state index contributed by atoms with van der Waals surface area (Å²) in [6.45, 7) is 5.61. The van der Waals surface area contributed by atoms with Crippen molar-refractivity contribution in [1.29, 1.82) is 0 Å². The van der Waals surface area contributed by atoms with Gasteiger partial charge in [-0.05, 0) is 44.4 Å². The molecule has 0 spiro atoms. The van der Waals surface area contributed by atoms with E-state index in [0.717, 1.165) is 31.6 Å². The van der Waals surface area contributed by atoms with Gasteiger partial charge >= 0.3 is 19.8 Å². The number of unbranched alkanes of at least 4 members (excludes halogenated alkanes) is 9. The highest BCUT2D eigenvalue weighted by atomic mass is 31.2. The number of hydrogen-bond donors (Lipinski definition) is 4. The zero-order valence-corrected chi connectivity index (χ0v) is 29.9. The Morgan fingerprint density at radius 2 is 1.32 bits per heavy atom. The number of ether oxygens (including phenoxy) is 2. The van der Waals surface area contributed by atoms with Gasteiger partial charge in [0.05, 0.1) is 18.8 Å². The van der Waals surface area contributed by atoms with E-state index in [9.17, 15) is 24.4 Å². The molecule has 0 aliphatic heterocycles. The molecule has 272 valence electrons. The molecule has 47 heavy (non-hydrogen) atoms. The molecule has 0 radical (unpaired) electrons. The van der Waals surface area contributed by atoms with Crippen LogP contribution in [0, 0.1) is 5.92 Å². The molecule has 0 aromatic carbocycles. The van der Waals surface area contributed by atoms with Crippen LogP contribution in [0.2, 0.25) is 0 Å². The Balaban J connectivity index is 4.31. The summed E-state index contributed by atoms with van der Waals surface area (Å²) >= 11 is 0. The molecule has 0 aromatic rings. The van der Waals surface area contributed by atoms with Crippen molar-refractivity contribution in [2.45, 2.75) is 148 Å². The summed E-state index contributed by atoms with van der Waals surface area (Å²) in [6.07, 6.45) is 26.4. The minimum atomic E-state index is -4.80. The van der Waals surface area contributed by atoms with Gasteiger partial charge in [-0.25, -0.2) is 4.57 Å². The summed E-state index contributed by atoms with van der Waals surface area (Å²) < 4.78 is 26.0. The molecular weight excluding hydrogens is 623 g/mol. The van der Waals surface area contributed by atoms with Gasteiger partial charge < -0.3 is 29.5 Å². The van der Waals surface area contributed by atoms with E-state index < -0.39 is 51.3 Å². The summed E-state index contributed by atoms with van der Waals surface area (Å²) in [4.78, 5) is 42.5. The summed E-state index contributed by atoms with van der Waals surface area (Å²) in [7, 11) is -4.80. The SMILES string of the molecule is CCCCC/C=C\C[C@@H](O)/C=C/C=C/C=C\[C@@H](O)CCCC(=O)OC[C@H](COP(=O)(O)O)OC(=O)CCCCCCCCCC(C)C. The van der Waals surface area contributed by atoms with E-state index >= 15 is 0 Å². The maximum Gasteiger partial charge on any atom is 0.469 e. The van der Waals surface area contributed by atoms with Gasteiger partial charge in [-0.2, -0.15) is 0 Å². The number of carbonyl (C=O) groups excluding carboxylic acids is 2. The average molecular weight is 687 g/mol. The summed E-state index contributed by atoms with van der Waals surface area (Å²) in [5.74, 6) is -0.404. The van der Waals surface area contributed by atoms with Crippen LogP contribution in [0.15, 0.2) is 48.6 Å². The number of phosphoric ester groups is 1. The predicted octanol–water partition coefficient (Wildman–Crippen LogP) is 7.80. The van der Waals surface area contributed by atoms with E-state index in [1.807, 2.05) is 6.08 Å². The summed E-state index contributed by atoms with van der Waals surface area (Å²) in [6, 6.07) is 0. The Morgan fingerprint density at radius 1 is 0.702 bits per heavy atom. The van der Waals surface area contributed by atoms with E-state index in [0.29, 0.717) is 25.7 Å². The van der Waals surface area contributed by atoms with Crippen LogP contribution in [0.3, 0.4) is 0 Å². The molecule has 0 aliphatic carbocycles. The van der Waals surface area contributed by atoms with Crippen LogP contribution in [0.5, 0.6) is 0 Å². The third-order valence-electron chi connectivity index (χ3n) is 7.22. The molecule has 10 nitrogen and oxygen atoms in total. The van der Waals surface area contributed by atoms with Crippen molar-refractivity contribution in [2.75, 3.05) is 13.2 Å². The van der Waals surface area contributed by atoms with Crippen LogP contribution in [0.25, 0.3) is 0 Å². The second kappa shape index (κ2) is 30.0. The van der Waals surface area contributed by atoms with Crippen molar-refractivity contribution in [2.24, 2.45) is 5.92 Å². The second-order valence-corrected chi connectivity index (χ2v) is 13.6. The monoisotopic (exact) mass is 686 g/mol. The molecule has 0 amide bonds. The fourth-order valence-corrected chi connectivity index (χ4v) is 4.87. The average Bonchev–Trinajstić information content (AvgIpc) is 3.00. The Hall–Kier alpha value is -2.07. The van der Waals surface area contributed by atoms with Crippen LogP contribution in [-0.2, 0) is 28.2 Å². The number of aliphatic hydroxyl groups excluding tert-OH is 2. The Kier molecular flexibility index (Phi) is 28.7. The fraction of sp³-hybridized carbons (Fsp3) is 0.722. The molecule has 0 aliphatic rings. The smallest absolute Gasteiger partial charge is 0.462 e. The Morgan fingerprint density at radius 3 is 1.96 bits per heavy atom. The number of hydrogen-bond acceptors (Lipinski definition) is 8. The Bertz CT molecular complexity index is 953. The summed E-state index contributed by atoms with van der Waals surface area (Å²) in [5.41, 5.74) is 0. The molecule has 0 unspecified atom stereocenters. The highest BCUT2D eigenvalue weighted by molar-refractivity contribution is 7.46. The highest BCUT2D eigenvalue weighted by Crippen LogP contribution is 2.36. The lowest BCUT2D eigenvalue weighted by Gasteiger charge is -2.18. The van der Waals surface area contributed by atoms with Crippen LogP contribution >= 0.6 is 7.82 Å². The van der Waals surface area contributed by atoms with Crippen LogP contribution in [0.4, 0.5) is 0 Å². The number of aliphatic hydroxyl groups is 2. The standard InChI is InChI=1S/C36H63O10P/c1-4-5-6-7-12-17-23-32(37)24-18-14-15-19-25-33(38)26-21-28-35(39)44-29-34(30-45-47(41,42)43)46-36(40)27-20-13-10-8-9-11-16-22-31(2)3/h12,14-15,17-19,24-25,31-34,37-38H,4-11,13,16,20-23,26-30H2,1-3H3,(H2,41,42,43)/b15-14+,17-12-,24-18+,25-19-/t32-,33-,34-/m1/s1. The van der Waals surface area contributed by atoms with E-state index in [2.05, 4.69) is 31.4 Å². The van der Waals surface area contributed by atoms with Gasteiger partial charge in [-0.15, -0.1) is 0 Å². The van der Waals surface area contributed by atoms with Crippen molar-refractivity contribution < 1.29 is 48.2 Å². The van der Waals surface area contributed by atoms with Crippen molar-refractivity contribution in [3.63, 3.8) is 0 Å². The van der Waals surface area contributed by atoms with Crippen molar-refractivity contribution >= 4 is 19.8 Å². The molecule has 0 aromatic heterocycles. The number of allylic oxidation sites excluding steroid dienone is 5. The minimum absolute atomic E-state index is 0.00586. The maximum atomic E-state index is 12.3. The number of phosphoric acid groups is 1. The normalized spacial score (nSPS) is 14.6. The third-order valence-corrected chi connectivity index (χ3v) is 7.70. The number of rotatable bonds is 30. The van der Waals surface area contributed by atoms with Gasteiger partial charge in [0.1, 0.15) is 6.61 Å². The predicted molar refractivity (Wildman–Crippen MR) is 186 cm³/mol. The zero-order chi connectivity index (χ0) is 35.2. The number of esters is 2. The topological polar surface area (TPSA) is 160 Å². The van der Waals surface area contributed by atoms with E-state index in [1.54, 1.807) is 36.5 Å².